The minimum Gasteiger partial charge on any atom is -0.377 e. The molecule has 0 saturated heterocycles. The van der Waals surface area contributed by atoms with E-state index in [2.05, 4.69) is 15.9 Å². The summed E-state index contributed by atoms with van der Waals surface area (Å²) in [4.78, 5) is 7.40. The van der Waals surface area contributed by atoms with Crippen LogP contribution >= 0.6 is 15.9 Å². The van der Waals surface area contributed by atoms with E-state index < -0.39 is 22.6 Å². The van der Waals surface area contributed by atoms with Crippen molar-refractivity contribution < 1.29 is 18.7 Å². The van der Waals surface area contributed by atoms with E-state index in [1.165, 1.54) is 24.3 Å². The lowest BCUT2D eigenvalue weighted by Crippen LogP contribution is -2.42. The maximum absolute atomic E-state index is 13.3. The monoisotopic (exact) mass is 292 g/mol. The summed E-state index contributed by atoms with van der Waals surface area (Å²) in [7, 11) is 0. The molecule has 1 N–H and O–H groups in total. The maximum Gasteiger partial charge on any atom is 0.333 e. The molecule has 0 spiro atoms. The molecule has 0 amide bonds. The van der Waals surface area contributed by atoms with Crippen LogP contribution in [0.25, 0.3) is 0 Å². The Morgan fingerprint density at radius 2 is 1.88 bits per heavy atom. The molecular formula is C11H11BrF2O2. The lowest BCUT2D eigenvalue weighted by atomic mass is 9.89. The highest BCUT2D eigenvalue weighted by molar-refractivity contribution is 9.10. The highest BCUT2D eigenvalue weighted by Gasteiger charge is 2.52. The smallest absolute Gasteiger partial charge is 0.333 e. The number of carbonyl (C=O) groups excluding carboxylic acids is 1. The molecule has 2 nitrogen and oxygen atoms in total. The number of hydrogen-bond donors (Lipinski definition) is 1. The van der Waals surface area contributed by atoms with Crippen molar-refractivity contribution in [1.82, 2.24) is 0 Å². The molecule has 1 atom stereocenters. The first-order valence-corrected chi connectivity index (χ1v) is 5.41. The summed E-state index contributed by atoms with van der Waals surface area (Å²) in [5.74, 6) is -0.509. The van der Waals surface area contributed by atoms with Gasteiger partial charge < -0.3 is 5.11 Å². The van der Waals surface area contributed by atoms with Crippen molar-refractivity contribution in [2.45, 2.75) is 23.8 Å². The minimum atomic E-state index is -3.56. The number of halogens is 3. The summed E-state index contributed by atoms with van der Waals surface area (Å²) < 4.78 is 26.7. The van der Waals surface area contributed by atoms with Crippen molar-refractivity contribution in [2.75, 3.05) is 0 Å². The molecule has 0 fully saturated rings. The molecule has 0 unspecified atom stereocenters. The Balaban J connectivity index is 3.21. The molecule has 0 aliphatic heterocycles. The molecule has 0 radical (unpaired) electrons. The molecule has 1 rings (SSSR count). The van der Waals surface area contributed by atoms with Crippen molar-refractivity contribution in [2.24, 2.45) is 0 Å². The second kappa shape index (κ2) is 4.59. The summed E-state index contributed by atoms with van der Waals surface area (Å²) in [5, 5.41) is 9.97. The third-order valence-electron chi connectivity index (χ3n) is 2.23. The van der Waals surface area contributed by atoms with Gasteiger partial charge in [0.05, 0.1) is 0 Å². The molecule has 5 heteroatoms. The number of hydrogen-bond acceptors (Lipinski definition) is 2. The van der Waals surface area contributed by atoms with E-state index in [4.69, 9.17) is 0 Å². The van der Waals surface area contributed by atoms with Crippen LogP contribution in [0, 0.1) is 0 Å². The standard InChI is InChI=1S/C11H11BrF2O2/c1-8(15)7-10(16,11(12,13)14)9-5-3-2-4-6-9/h2-6,16H,7H2,1H3/t10-/m1/s1. The van der Waals surface area contributed by atoms with Crippen LogP contribution in [0.5, 0.6) is 0 Å². The summed E-state index contributed by atoms with van der Waals surface area (Å²) in [5.41, 5.74) is -2.51. The molecule has 0 heterocycles. The largest absolute Gasteiger partial charge is 0.377 e. The fourth-order valence-corrected chi connectivity index (χ4v) is 1.81. The zero-order valence-corrected chi connectivity index (χ0v) is 10.2. The first-order chi connectivity index (χ1) is 7.27. The summed E-state index contributed by atoms with van der Waals surface area (Å²) >= 11 is 2.13. The number of alkyl halides is 3. The topological polar surface area (TPSA) is 37.3 Å². The van der Waals surface area contributed by atoms with Gasteiger partial charge in [-0.15, -0.1) is 0 Å². The average Bonchev–Trinajstić information content (AvgIpc) is 2.16. The van der Waals surface area contributed by atoms with Crippen LogP contribution in [-0.2, 0) is 10.4 Å². The Hall–Kier alpha value is -0.810. The maximum atomic E-state index is 13.3. The Morgan fingerprint density at radius 1 is 1.38 bits per heavy atom. The minimum absolute atomic E-state index is 0.00655. The average molecular weight is 293 g/mol. The van der Waals surface area contributed by atoms with E-state index >= 15 is 0 Å². The van der Waals surface area contributed by atoms with Gasteiger partial charge in [-0.3, -0.25) is 4.79 Å². The number of carbonyl (C=O) groups is 1. The number of aliphatic hydroxyl groups is 1. The predicted molar refractivity (Wildman–Crippen MR) is 59.5 cm³/mol. The van der Waals surface area contributed by atoms with Gasteiger partial charge in [0, 0.05) is 6.42 Å². The van der Waals surface area contributed by atoms with Crippen molar-refractivity contribution >= 4 is 21.7 Å². The summed E-state index contributed by atoms with van der Waals surface area (Å²) in [6.07, 6.45) is -0.644. The van der Waals surface area contributed by atoms with Gasteiger partial charge in [0.2, 0.25) is 0 Å². The second-order valence-electron chi connectivity index (χ2n) is 3.60. The van der Waals surface area contributed by atoms with E-state index in [-0.39, 0.29) is 5.56 Å². The van der Waals surface area contributed by atoms with Gasteiger partial charge in [-0.2, -0.15) is 8.78 Å². The molecule has 1 aromatic rings. The predicted octanol–water partition coefficient (Wildman–Crippen LogP) is 2.84. The van der Waals surface area contributed by atoms with Crippen molar-refractivity contribution in [3.8, 4) is 0 Å². The van der Waals surface area contributed by atoms with Crippen LogP contribution in [0.4, 0.5) is 8.78 Å². The Kier molecular flexibility index (Phi) is 3.80. The van der Waals surface area contributed by atoms with E-state index in [0.29, 0.717) is 0 Å². The Bertz CT molecular complexity index is 375. The number of Topliss-reactive ketones (excluding diaryl/α,β-unsaturated/α-hetero) is 1. The van der Waals surface area contributed by atoms with Crippen molar-refractivity contribution in [3.63, 3.8) is 0 Å². The normalized spacial score (nSPS) is 15.6. The van der Waals surface area contributed by atoms with Gasteiger partial charge in [-0.25, -0.2) is 0 Å². The Morgan fingerprint density at radius 3 is 2.25 bits per heavy atom. The van der Waals surface area contributed by atoms with Crippen LogP contribution in [0.2, 0.25) is 0 Å². The molecule has 0 aliphatic rings. The van der Waals surface area contributed by atoms with Gasteiger partial charge in [-0.1, -0.05) is 30.3 Å². The van der Waals surface area contributed by atoms with E-state index in [9.17, 15) is 18.7 Å². The first kappa shape index (κ1) is 13.3. The highest BCUT2D eigenvalue weighted by atomic mass is 79.9. The number of rotatable bonds is 4. The van der Waals surface area contributed by atoms with Crippen LogP contribution in [-0.4, -0.2) is 15.7 Å². The molecule has 0 saturated carbocycles. The molecule has 0 bridgehead atoms. The zero-order valence-electron chi connectivity index (χ0n) is 8.58. The number of ketones is 1. The lowest BCUT2D eigenvalue weighted by Gasteiger charge is -2.31. The van der Waals surface area contributed by atoms with E-state index in [1.807, 2.05) is 0 Å². The fourth-order valence-electron chi connectivity index (χ4n) is 1.44. The van der Waals surface area contributed by atoms with Crippen LogP contribution in [0.3, 0.4) is 0 Å². The summed E-state index contributed by atoms with van der Waals surface area (Å²) in [6, 6.07) is 7.42. The number of benzene rings is 1. The zero-order chi connectivity index (χ0) is 12.4. The van der Waals surface area contributed by atoms with Gasteiger partial charge in [0.15, 0.2) is 5.60 Å². The quantitative estimate of drug-likeness (QED) is 0.867. The van der Waals surface area contributed by atoms with Crippen LogP contribution in [0.1, 0.15) is 18.9 Å². The van der Waals surface area contributed by atoms with Gasteiger partial charge >= 0.3 is 4.83 Å². The summed E-state index contributed by atoms with van der Waals surface area (Å²) in [6.45, 7) is 1.16. The molecular weight excluding hydrogens is 282 g/mol. The SMILES string of the molecule is CC(=O)C[C@@](O)(c1ccccc1)C(F)(F)Br. The third-order valence-corrected chi connectivity index (χ3v) is 2.88. The first-order valence-electron chi connectivity index (χ1n) is 4.61. The Labute approximate surface area is 100 Å². The van der Waals surface area contributed by atoms with Crippen LogP contribution < -0.4 is 0 Å². The molecule has 0 aliphatic carbocycles. The van der Waals surface area contributed by atoms with Gasteiger partial charge in [0.1, 0.15) is 5.78 Å². The fraction of sp³-hybridized carbons (Fsp3) is 0.364. The highest BCUT2D eigenvalue weighted by Crippen LogP contribution is 2.44. The van der Waals surface area contributed by atoms with Gasteiger partial charge in [-0.05, 0) is 28.4 Å². The van der Waals surface area contributed by atoms with Gasteiger partial charge in [0.25, 0.3) is 0 Å². The van der Waals surface area contributed by atoms with E-state index in [0.717, 1.165) is 6.92 Å². The molecule has 88 valence electrons. The molecule has 1 aromatic carbocycles. The molecule has 0 aromatic heterocycles. The lowest BCUT2D eigenvalue weighted by molar-refractivity contribution is -0.145. The third kappa shape index (κ3) is 2.65. The molecule has 16 heavy (non-hydrogen) atoms. The van der Waals surface area contributed by atoms with E-state index in [1.54, 1.807) is 6.07 Å². The van der Waals surface area contributed by atoms with Crippen LogP contribution in [0.15, 0.2) is 30.3 Å². The second-order valence-corrected chi connectivity index (χ2v) is 4.60. The van der Waals surface area contributed by atoms with Crippen molar-refractivity contribution in [3.05, 3.63) is 35.9 Å². The van der Waals surface area contributed by atoms with Crippen molar-refractivity contribution in [1.29, 1.82) is 0 Å².